The molecule has 1 aromatic carbocycles. The molecule has 0 atom stereocenters. The van der Waals surface area contributed by atoms with E-state index in [0.29, 0.717) is 5.75 Å². The van der Waals surface area contributed by atoms with Crippen LogP contribution in [-0.4, -0.2) is 34.7 Å². The Balaban J connectivity index is 3.32. The number of methoxy groups -OCH3 is 1. The van der Waals surface area contributed by atoms with Crippen molar-refractivity contribution in [2.75, 3.05) is 38.1 Å². The van der Waals surface area contributed by atoms with Gasteiger partial charge in [-0.25, -0.2) is 0 Å². The highest BCUT2D eigenvalue weighted by Gasteiger charge is 2.13. The largest absolute Gasteiger partial charge is 0.494 e. The molecule has 1 rings (SSSR count). The maximum atomic E-state index is 10.8. The Morgan fingerprint density at radius 3 is 2.40 bits per heavy atom. The molecule has 0 aromatic heterocycles. The molecule has 15 heavy (non-hydrogen) atoms. The predicted octanol–water partition coefficient (Wildman–Crippen LogP) is 1.35. The van der Waals surface area contributed by atoms with Crippen LogP contribution in [0.1, 0.15) is 0 Å². The van der Waals surface area contributed by atoms with Crippen LogP contribution in [0.4, 0.5) is 11.4 Å². The van der Waals surface area contributed by atoms with E-state index in [1.165, 1.54) is 4.90 Å². The maximum absolute atomic E-state index is 10.8. The summed E-state index contributed by atoms with van der Waals surface area (Å²) < 4.78 is 5.23. The first-order chi connectivity index (χ1) is 7.11. The van der Waals surface area contributed by atoms with Crippen LogP contribution in [0.25, 0.3) is 0 Å². The third-order valence-corrected chi connectivity index (χ3v) is 2.19. The van der Waals surface area contributed by atoms with Crippen molar-refractivity contribution in [2.45, 2.75) is 0 Å². The lowest BCUT2D eigenvalue weighted by Crippen LogP contribution is -2.19. The summed E-state index contributed by atoms with van der Waals surface area (Å²) in [7, 11) is 7.16. The number of amides is 1. The van der Waals surface area contributed by atoms with Gasteiger partial charge in [0.25, 0.3) is 0 Å². The van der Waals surface area contributed by atoms with Gasteiger partial charge in [-0.3, -0.25) is 4.79 Å². The van der Waals surface area contributed by atoms with E-state index >= 15 is 0 Å². The summed E-state index contributed by atoms with van der Waals surface area (Å²) >= 11 is 0. The molecule has 0 fully saturated rings. The van der Waals surface area contributed by atoms with Gasteiger partial charge in [0.15, 0.2) is 0 Å². The number of para-hydroxylation sites is 1. The Morgan fingerprint density at radius 2 is 1.93 bits per heavy atom. The predicted molar refractivity (Wildman–Crippen MR) is 61.8 cm³/mol. The van der Waals surface area contributed by atoms with Crippen LogP contribution in [0.5, 0.6) is 5.75 Å². The molecule has 4 heteroatoms. The average molecular weight is 208 g/mol. The molecule has 1 amide bonds. The standard InChI is InChI=1S/C11H16N2O2/c1-12(2)9-6-5-7-10(15-4)11(9)13(3)8-14/h5-8H,1-4H3. The minimum Gasteiger partial charge on any atom is -0.494 e. The number of nitrogens with zero attached hydrogens (tertiary/aromatic N) is 2. The lowest BCUT2D eigenvalue weighted by molar-refractivity contribution is -0.107. The third kappa shape index (κ3) is 2.21. The Labute approximate surface area is 90.1 Å². The summed E-state index contributed by atoms with van der Waals surface area (Å²) in [5, 5.41) is 0. The summed E-state index contributed by atoms with van der Waals surface area (Å²) in [5.74, 6) is 0.691. The van der Waals surface area contributed by atoms with E-state index in [1.54, 1.807) is 14.2 Å². The van der Waals surface area contributed by atoms with E-state index in [-0.39, 0.29) is 0 Å². The lowest BCUT2D eigenvalue weighted by Gasteiger charge is -2.23. The molecule has 82 valence electrons. The fourth-order valence-corrected chi connectivity index (χ4v) is 1.44. The molecule has 0 unspecified atom stereocenters. The molecular weight excluding hydrogens is 192 g/mol. The van der Waals surface area contributed by atoms with Crippen molar-refractivity contribution in [3.8, 4) is 5.75 Å². The van der Waals surface area contributed by atoms with Gasteiger partial charge in [0.05, 0.1) is 12.8 Å². The van der Waals surface area contributed by atoms with Gasteiger partial charge in [0.2, 0.25) is 6.41 Å². The van der Waals surface area contributed by atoms with Crippen molar-refractivity contribution in [3.05, 3.63) is 18.2 Å². The second-order valence-corrected chi connectivity index (χ2v) is 3.44. The molecule has 0 radical (unpaired) electrons. The Morgan fingerprint density at radius 1 is 1.27 bits per heavy atom. The van der Waals surface area contributed by atoms with Crippen molar-refractivity contribution in [1.29, 1.82) is 0 Å². The first-order valence-corrected chi connectivity index (χ1v) is 4.64. The van der Waals surface area contributed by atoms with Gasteiger partial charge in [0, 0.05) is 21.1 Å². The molecule has 0 aliphatic rings. The average Bonchev–Trinajstić information content (AvgIpc) is 2.26. The van der Waals surface area contributed by atoms with Crippen LogP contribution in [0.2, 0.25) is 0 Å². The topological polar surface area (TPSA) is 32.8 Å². The molecule has 1 aromatic rings. The first-order valence-electron chi connectivity index (χ1n) is 4.64. The number of carbonyl (C=O) groups excluding carboxylic acids is 1. The number of carbonyl (C=O) groups is 1. The molecule has 0 saturated carbocycles. The monoisotopic (exact) mass is 208 g/mol. The Bertz CT molecular complexity index is 350. The van der Waals surface area contributed by atoms with Crippen molar-refractivity contribution in [3.63, 3.8) is 0 Å². The summed E-state index contributed by atoms with van der Waals surface area (Å²) in [6.07, 6.45) is 0.769. The SMILES string of the molecule is COc1cccc(N(C)C)c1N(C)C=O. The molecular formula is C11H16N2O2. The van der Waals surface area contributed by atoms with Crippen LogP contribution < -0.4 is 14.5 Å². The van der Waals surface area contributed by atoms with Gasteiger partial charge in [-0.15, -0.1) is 0 Å². The molecule has 4 nitrogen and oxygen atoms in total. The number of hydrogen-bond acceptors (Lipinski definition) is 3. The summed E-state index contributed by atoms with van der Waals surface area (Å²) in [6, 6.07) is 5.68. The van der Waals surface area contributed by atoms with Gasteiger partial charge < -0.3 is 14.5 Å². The van der Waals surface area contributed by atoms with Gasteiger partial charge in [-0.1, -0.05) is 6.07 Å². The van der Waals surface area contributed by atoms with Gasteiger partial charge in [0.1, 0.15) is 11.4 Å². The number of benzene rings is 1. The van der Waals surface area contributed by atoms with E-state index in [1.807, 2.05) is 37.2 Å². The Hall–Kier alpha value is -1.71. The smallest absolute Gasteiger partial charge is 0.214 e. The highest BCUT2D eigenvalue weighted by molar-refractivity contribution is 5.87. The van der Waals surface area contributed by atoms with Crippen molar-refractivity contribution in [2.24, 2.45) is 0 Å². The van der Waals surface area contributed by atoms with E-state index < -0.39 is 0 Å². The fraction of sp³-hybridized carbons (Fsp3) is 0.364. The Kier molecular flexibility index (Phi) is 3.55. The van der Waals surface area contributed by atoms with Gasteiger partial charge >= 0.3 is 0 Å². The normalized spacial score (nSPS) is 9.60. The number of hydrogen-bond donors (Lipinski definition) is 0. The molecule has 0 heterocycles. The second kappa shape index (κ2) is 4.68. The number of ether oxygens (including phenoxy) is 1. The number of rotatable bonds is 4. The molecule has 0 spiro atoms. The molecule has 0 saturated heterocycles. The van der Waals surface area contributed by atoms with Crippen LogP contribution >= 0.6 is 0 Å². The van der Waals surface area contributed by atoms with E-state index in [4.69, 9.17) is 4.74 Å². The highest BCUT2D eigenvalue weighted by atomic mass is 16.5. The zero-order valence-corrected chi connectivity index (χ0v) is 9.52. The minimum absolute atomic E-state index is 0.691. The van der Waals surface area contributed by atoms with Gasteiger partial charge in [-0.05, 0) is 12.1 Å². The minimum atomic E-state index is 0.691. The third-order valence-electron chi connectivity index (χ3n) is 2.19. The number of anilines is 2. The maximum Gasteiger partial charge on any atom is 0.214 e. The fourth-order valence-electron chi connectivity index (χ4n) is 1.44. The van der Waals surface area contributed by atoms with Gasteiger partial charge in [-0.2, -0.15) is 0 Å². The van der Waals surface area contributed by atoms with Crippen LogP contribution in [0.3, 0.4) is 0 Å². The molecule has 0 aliphatic carbocycles. The molecule has 0 bridgehead atoms. The van der Waals surface area contributed by atoms with Crippen molar-refractivity contribution >= 4 is 17.8 Å². The first kappa shape index (κ1) is 11.4. The van der Waals surface area contributed by atoms with Crippen LogP contribution in [0.15, 0.2) is 18.2 Å². The van der Waals surface area contributed by atoms with Crippen molar-refractivity contribution in [1.82, 2.24) is 0 Å². The van der Waals surface area contributed by atoms with E-state index in [9.17, 15) is 4.79 Å². The summed E-state index contributed by atoms with van der Waals surface area (Å²) in [4.78, 5) is 14.3. The van der Waals surface area contributed by atoms with Crippen LogP contribution in [0, 0.1) is 0 Å². The van der Waals surface area contributed by atoms with E-state index in [2.05, 4.69) is 0 Å². The zero-order chi connectivity index (χ0) is 11.4. The zero-order valence-electron chi connectivity index (χ0n) is 9.52. The summed E-state index contributed by atoms with van der Waals surface area (Å²) in [6.45, 7) is 0. The molecule has 0 N–H and O–H groups in total. The summed E-state index contributed by atoms with van der Waals surface area (Å²) in [5.41, 5.74) is 1.73. The van der Waals surface area contributed by atoms with Crippen molar-refractivity contribution < 1.29 is 9.53 Å². The quantitative estimate of drug-likeness (QED) is 0.700. The second-order valence-electron chi connectivity index (χ2n) is 3.44. The highest BCUT2D eigenvalue weighted by Crippen LogP contribution is 2.35. The molecule has 0 aliphatic heterocycles. The van der Waals surface area contributed by atoms with Crippen LogP contribution in [-0.2, 0) is 4.79 Å². The lowest BCUT2D eigenvalue weighted by atomic mass is 10.2. The van der Waals surface area contributed by atoms with E-state index in [0.717, 1.165) is 17.8 Å².